The Morgan fingerprint density at radius 2 is 1.82 bits per heavy atom. The van der Waals surface area contributed by atoms with Crippen molar-refractivity contribution in [1.82, 2.24) is 15.2 Å². The molecule has 1 unspecified atom stereocenters. The zero-order valence-electron chi connectivity index (χ0n) is 20.8. The van der Waals surface area contributed by atoms with Crippen LogP contribution in [0.25, 0.3) is 21.0 Å². The summed E-state index contributed by atoms with van der Waals surface area (Å²) in [7, 11) is 0. The lowest BCUT2D eigenvalue weighted by Gasteiger charge is -1.90. The number of aromatic carboxylic acids is 1. The number of hydrogen-bond donors (Lipinski definition) is 4. The van der Waals surface area contributed by atoms with Gasteiger partial charge in [0.2, 0.25) is 0 Å². The molecule has 1 aliphatic heterocycles. The fraction of sp³-hybridized carbons (Fsp3) is 0.222. The lowest BCUT2D eigenvalue weighted by molar-refractivity contribution is 0.0702. The van der Waals surface area contributed by atoms with Crippen molar-refractivity contribution < 1.29 is 19.4 Å². The first-order chi connectivity index (χ1) is 18.1. The number of hydrogen-bond acceptors (Lipinski definition) is 6. The summed E-state index contributed by atoms with van der Waals surface area (Å²) in [5.74, 6) is -0.801. The summed E-state index contributed by atoms with van der Waals surface area (Å²) in [6, 6.07) is 15.5. The SMILES string of the molecule is CC(=O)c1cc2ccc(Br)cc2[nH]1.Cc1cn[nH]c1.NC1CCOC1.O=C(O)c1cc2ccc(Br)cc2s1. The molecule has 8 nitrogen and oxygen atoms in total. The van der Waals surface area contributed by atoms with Gasteiger partial charge in [0.25, 0.3) is 0 Å². The van der Waals surface area contributed by atoms with E-state index in [4.69, 9.17) is 15.6 Å². The number of thiophene rings is 1. The maximum Gasteiger partial charge on any atom is 0.345 e. The first-order valence-electron chi connectivity index (χ1n) is 11.6. The molecule has 6 rings (SSSR count). The van der Waals surface area contributed by atoms with Crippen molar-refractivity contribution in [3.63, 3.8) is 0 Å². The summed E-state index contributed by atoms with van der Waals surface area (Å²) in [6.07, 6.45) is 4.67. The number of ketones is 1. The van der Waals surface area contributed by atoms with Crippen molar-refractivity contribution in [2.75, 3.05) is 13.2 Å². The second-order valence-electron chi connectivity index (χ2n) is 8.47. The zero-order chi connectivity index (χ0) is 27.7. The molecule has 5 aromatic rings. The molecule has 200 valence electrons. The molecule has 5 N–H and O–H groups in total. The maximum atomic E-state index is 11.1. The number of aromatic nitrogens is 3. The second kappa shape index (κ2) is 14.4. The van der Waals surface area contributed by atoms with Gasteiger partial charge in [-0.15, -0.1) is 11.3 Å². The van der Waals surface area contributed by atoms with E-state index < -0.39 is 5.97 Å². The number of rotatable bonds is 2. The number of H-pyrrole nitrogens is 2. The highest BCUT2D eigenvalue weighted by atomic mass is 79.9. The van der Waals surface area contributed by atoms with E-state index in [1.54, 1.807) is 19.2 Å². The number of ether oxygens (including phenoxy) is 1. The van der Waals surface area contributed by atoms with E-state index in [9.17, 15) is 9.59 Å². The average Bonchev–Trinajstić information content (AvgIpc) is 3.67. The van der Waals surface area contributed by atoms with Crippen LogP contribution in [0.15, 0.2) is 69.9 Å². The van der Waals surface area contributed by atoms with E-state index in [1.165, 1.54) is 16.9 Å². The normalized spacial score (nSPS) is 14.1. The first kappa shape index (κ1) is 29.7. The Hall–Kier alpha value is -2.83. The van der Waals surface area contributed by atoms with Crippen molar-refractivity contribution in [1.29, 1.82) is 0 Å². The Kier molecular flexibility index (Phi) is 11.2. The molecule has 4 heterocycles. The number of carboxylic acid groups (broad SMARTS) is 1. The molecule has 0 saturated carbocycles. The van der Waals surface area contributed by atoms with Crippen LogP contribution in [0, 0.1) is 6.92 Å². The molecule has 1 atom stereocenters. The molecule has 0 amide bonds. The van der Waals surface area contributed by atoms with Crippen molar-refractivity contribution in [2.24, 2.45) is 5.73 Å². The molecule has 3 aromatic heterocycles. The Morgan fingerprint density at radius 1 is 1.11 bits per heavy atom. The molecule has 1 fully saturated rings. The van der Waals surface area contributed by atoms with Crippen LogP contribution in [-0.4, -0.2) is 51.3 Å². The predicted octanol–water partition coefficient (Wildman–Crippen LogP) is 6.95. The number of aromatic amines is 2. The van der Waals surface area contributed by atoms with Gasteiger partial charge in [0.1, 0.15) is 4.88 Å². The average molecular weight is 664 g/mol. The number of nitrogens with one attached hydrogen (secondary N) is 2. The Morgan fingerprint density at radius 3 is 2.32 bits per heavy atom. The van der Waals surface area contributed by atoms with Gasteiger partial charge < -0.3 is 20.6 Å². The molecular formula is C27H28Br2N4O4S. The molecule has 1 saturated heterocycles. The number of carbonyl (C=O) groups excluding carboxylic acids is 1. The molecule has 0 radical (unpaired) electrons. The third-order valence-electron chi connectivity index (χ3n) is 5.26. The topological polar surface area (TPSA) is 134 Å². The summed E-state index contributed by atoms with van der Waals surface area (Å²) >= 11 is 8.00. The predicted molar refractivity (Wildman–Crippen MR) is 159 cm³/mol. The monoisotopic (exact) mass is 662 g/mol. The zero-order valence-corrected chi connectivity index (χ0v) is 24.8. The van der Waals surface area contributed by atoms with Crippen LogP contribution >= 0.6 is 43.2 Å². The van der Waals surface area contributed by atoms with Gasteiger partial charge in [-0.2, -0.15) is 5.10 Å². The van der Waals surface area contributed by atoms with Crippen molar-refractivity contribution in [3.05, 3.63) is 86.0 Å². The van der Waals surface area contributed by atoms with Crippen LogP contribution in [0.3, 0.4) is 0 Å². The summed E-state index contributed by atoms with van der Waals surface area (Å²) in [6.45, 7) is 5.17. The summed E-state index contributed by atoms with van der Waals surface area (Å²) in [5.41, 5.74) is 8.23. The Balaban J connectivity index is 0.000000149. The minimum Gasteiger partial charge on any atom is -0.477 e. The van der Waals surface area contributed by atoms with E-state index in [0.717, 1.165) is 49.6 Å². The van der Waals surface area contributed by atoms with Crippen LogP contribution in [0.2, 0.25) is 0 Å². The van der Waals surface area contributed by atoms with Gasteiger partial charge in [-0.05, 0) is 60.7 Å². The Labute approximate surface area is 240 Å². The number of Topliss-reactive ketones (excluding diaryl/α,β-unsaturated/α-hetero) is 1. The van der Waals surface area contributed by atoms with Gasteiger partial charge in [-0.1, -0.05) is 44.0 Å². The van der Waals surface area contributed by atoms with Gasteiger partial charge in [-0.25, -0.2) is 4.79 Å². The largest absolute Gasteiger partial charge is 0.477 e. The van der Waals surface area contributed by atoms with E-state index in [0.29, 0.717) is 16.6 Å². The highest BCUT2D eigenvalue weighted by Gasteiger charge is 2.08. The number of carbonyl (C=O) groups is 2. The van der Waals surface area contributed by atoms with Gasteiger partial charge in [0.05, 0.1) is 18.5 Å². The van der Waals surface area contributed by atoms with Crippen molar-refractivity contribution >= 4 is 75.9 Å². The van der Waals surface area contributed by atoms with Crippen LogP contribution < -0.4 is 5.73 Å². The van der Waals surface area contributed by atoms with Crippen LogP contribution in [0.5, 0.6) is 0 Å². The third-order valence-corrected chi connectivity index (χ3v) is 7.33. The fourth-order valence-corrected chi connectivity index (χ4v) is 5.08. The van der Waals surface area contributed by atoms with E-state index in [2.05, 4.69) is 47.0 Å². The Bertz CT molecular complexity index is 1400. The standard InChI is InChI=1S/C10H8BrNO.C9H5BrO2S.C4H6N2.C4H9NO/c1-6(13)9-4-7-2-3-8(11)5-10(7)12-9;10-6-2-1-5-3-8(9(11)12)13-7(5)4-6;1-4-2-5-6-3-4;5-4-1-2-6-3-4/h2-5,12H,1H3;1-4H,(H,11,12);2-3H,1H3,(H,5,6);4H,1-3,5H2. The minimum absolute atomic E-state index is 0.0623. The van der Waals surface area contributed by atoms with Crippen LogP contribution in [0.1, 0.15) is 39.1 Å². The lowest BCUT2D eigenvalue weighted by Crippen LogP contribution is -2.18. The van der Waals surface area contributed by atoms with Crippen molar-refractivity contribution in [2.45, 2.75) is 26.3 Å². The van der Waals surface area contributed by atoms with Crippen LogP contribution in [0.4, 0.5) is 0 Å². The smallest absolute Gasteiger partial charge is 0.345 e. The van der Waals surface area contributed by atoms with Crippen LogP contribution in [-0.2, 0) is 4.74 Å². The molecule has 2 aromatic carbocycles. The fourth-order valence-electron chi connectivity index (χ4n) is 3.27. The molecule has 1 aliphatic rings. The molecule has 0 bridgehead atoms. The number of benzene rings is 2. The summed E-state index contributed by atoms with van der Waals surface area (Å²) in [5, 5.41) is 17.2. The molecule has 38 heavy (non-hydrogen) atoms. The van der Waals surface area contributed by atoms with Gasteiger partial charge in [0, 0.05) is 50.3 Å². The van der Waals surface area contributed by atoms with Gasteiger partial charge in [0.15, 0.2) is 5.78 Å². The van der Waals surface area contributed by atoms with Gasteiger partial charge in [-0.3, -0.25) is 9.89 Å². The molecule has 0 spiro atoms. The molecular weight excluding hydrogens is 636 g/mol. The number of fused-ring (bicyclic) bond motifs is 2. The third kappa shape index (κ3) is 9.17. The van der Waals surface area contributed by atoms with Gasteiger partial charge >= 0.3 is 5.97 Å². The summed E-state index contributed by atoms with van der Waals surface area (Å²) < 4.78 is 7.91. The molecule has 0 aliphatic carbocycles. The highest BCUT2D eigenvalue weighted by Crippen LogP contribution is 2.28. The van der Waals surface area contributed by atoms with E-state index in [-0.39, 0.29) is 5.78 Å². The van der Waals surface area contributed by atoms with E-state index in [1.807, 2.05) is 55.6 Å². The minimum atomic E-state index is -0.864. The number of carboxylic acids is 1. The van der Waals surface area contributed by atoms with E-state index >= 15 is 0 Å². The first-order valence-corrected chi connectivity index (χ1v) is 14.0. The van der Waals surface area contributed by atoms with Crippen molar-refractivity contribution in [3.8, 4) is 0 Å². The number of nitrogens with two attached hydrogens (primary N) is 1. The quantitative estimate of drug-likeness (QED) is 0.151. The highest BCUT2D eigenvalue weighted by molar-refractivity contribution is 9.10. The summed E-state index contributed by atoms with van der Waals surface area (Å²) in [4.78, 5) is 25.1. The second-order valence-corrected chi connectivity index (χ2v) is 11.4. The lowest BCUT2D eigenvalue weighted by atomic mass is 10.2. The number of aryl methyl sites for hydroxylation is 1. The number of nitrogens with zero attached hydrogens (tertiary/aromatic N) is 1. The molecule has 11 heteroatoms. The maximum absolute atomic E-state index is 11.1. The number of halogens is 2.